The van der Waals surface area contributed by atoms with Gasteiger partial charge in [-0.1, -0.05) is 22.6 Å². The van der Waals surface area contributed by atoms with Crippen LogP contribution in [0.3, 0.4) is 0 Å². The molecule has 0 aliphatic rings. The molecule has 2 aromatic rings. The Morgan fingerprint density at radius 1 is 1.07 bits per heavy atom. The van der Waals surface area contributed by atoms with Gasteiger partial charge in [0.15, 0.2) is 0 Å². The molecule has 0 aromatic heterocycles. The molecule has 152 valence electrons. The van der Waals surface area contributed by atoms with E-state index in [1.807, 2.05) is 0 Å². The zero-order valence-corrected chi connectivity index (χ0v) is 17.2. The average molecular weight is 502 g/mol. The van der Waals surface area contributed by atoms with Gasteiger partial charge in [-0.3, -0.25) is 4.79 Å². The van der Waals surface area contributed by atoms with Crippen LogP contribution in [0.1, 0.15) is 10.4 Å². The van der Waals surface area contributed by atoms with Gasteiger partial charge in [0.1, 0.15) is 42.3 Å². The molecule has 0 heterocycles. The van der Waals surface area contributed by atoms with Crippen molar-refractivity contribution in [2.75, 3.05) is 24.2 Å². The molecule has 0 aliphatic heterocycles. The molecule has 2 atom stereocenters. The smallest absolute Gasteiger partial charge is 0.252 e. The Bertz CT molecular complexity index is 772. The predicted molar refractivity (Wildman–Crippen MR) is 112 cm³/mol. The third-order valence-corrected chi connectivity index (χ3v) is 4.86. The lowest BCUT2D eigenvalue weighted by atomic mass is 10.2. The first-order chi connectivity index (χ1) is 13.4. The van der Waals surface area contributed by atoms with Gasteiger partial charge in [0, 0.05) is 11.0 Å². The molecule has 8 nitrogen and oxygen atoms in total. The lowest BCUT2D eigenvalue weighted by Gasteiger charge is -2.20. The Balaban J connectivity index is 1.76. The van der Waals surface area contributed by atoms with E-state index in [1.54, 1.807) is 18.2 Å². The number of nitrogens with two attached hydrogens (primary N) is 1. The average Bonchev–Trinajstić information content (AvgIpc) is 2.68. The Morgan fingerprint density at radius 2 is 1.71 bits per heavy atom. The van der Waals surface area contributed by atoms with E-state index in [4.69, 9.17) is 15.2 Å². The van der Waals surface area contributed by atoms with Crippen LogP contribution in [-0.4, -0.2) is 57.6 Å². The molecule has 0 saturated carbocycles. The first-order valence-electron chi connectivity index (χ1n) is 8.54. The monoisotopic (exact) mass is 502 g/mol. The number of nitrogens with one attached hydrogen (secondary N) is 1. The Kier molecular flexibility index (Phi) is 8.61. The fourth-order valence-electron chi connectivity index (χ4n) is 2.25. The van der Waals surface area contributed by atoms with Gasteiger partial charge in [-0.05, 0) is 42.5 Å². The number of alkyl halides is 1. The first kappa shape index (κ1) is 22.1. The summed E-state index contributed by atoms with van der Waals surface area (Å²) in [4.78, 5) is 11.3. The summed E-state index contributed by atoms with van der Waals surface area (Å²) >= 11 is 2.20. The second-order valence-electron chi connectivity index (χ2n) is 6.07. The van der Waals surface area contributed by atoms with Crippen molar-refractivity contribution < 1.29 is 29.6 Å². The summed E-state index contributed by atoms with van der Waals surface area (Å²) in [5, 5.41) is 32.1. The Hall–Kier alpha value is -2.24. The summed E-state index contributed by atoms with van der Waals surface area (Å²) in [5.41, 5.74) is 5.20. The topological polar surface area (TPSA) is 134 Å². The summed E-state index contributed by atoms with van der Waals surface area (Å²) in [5.74, 6) is 0.196. The third kappa shape index (κ3) is 7.06. The van der Waals surface area contributed by atoms with Crippen LogP contribution in [0.2, 0.25) is 0 Å². The van der Waals surface area contributed by atoms with Crippen LogP contribution in [0.25, 0.3) is 0 Å². The highest BCUT2D eigenvalue weighted by Gasteiger charge is 2.13. The third-order valence-electron chi connectivity index (χ3n) is 3.79. The number of aliphatic hydroxyl groups is 1. The van der Waals surface area contributed by atoms with Crippen LogP contribution < -0.4 is 20.5 Å². The van der Waals surface area contributed by atoms with Crippen molar-refractivity contribution in [2.24, 2.45) is 5.73 Å². The molecule has 0 spiro atoms. The van der Waals surface area contributed by atoms with E-state index >= 15 is 0 Å². The summed E-state index contributed by atoms with van der Waals surface area (Å²) in [7, 11) is 0. The number of ether oxygens (including phenoxy) is 2. The molecule has 0 saturated heterocycles. The van der Waals surface area contributed by atoms with E-state index in [2.05, 4.69) is 27.9 Å². The number of rotatable bonds is 11. The molecule has 9 heteroatoms. The van der Waals surface area contributed by atoms with Gasteiger partial charge in [0.2, 0.25) is 0 Å². The van der Waals surface area contributed by atoms with Crippen LogP contribution >= 0.6 is 22.6 Å². The lowest BCUT2D eigenvalue weighted by Crippen LogP contribution is -2.42. The van der Waals surface area contributed by atoms with Crippen LogP contribution in [0, 0.1) is 0 Å². The van der Waals surface area contributed by atoms with E-state index in [0.29, 0.717) is 24.7 Å². The summed E-state index contributed by atoms with van der Waals surface area (Å²) in [6.45, 7) is 0.710. The minimum atomic E-state index is -0.733. The minimum absolute atomic E-state index is 0.00159. The molecule has 2 aromatic carbocycles. The van der Waals surface area contributed by atoms with Crippen molar-refractivity contribution in [3.8, 4) is 23.0 Å². The number of carbonyl (C=O) groups excluding carboxylic acids is 1. The summed E-state index contributed by atoms with van der Waals surface area (Å²) < 4.78 is 11.8. The number of amides is 1. The Morgan fingerprint density at radius 3 is 2.36 bits per heavy atom. The molecule has 0 radical (unpaired) electrons. The number of hydrogen-bond donors (Lipinski definition) is 5. The quantitative estimate of drug-likeness (QED) is 0.232. The second kappa shape index (κ2) is 10.9. The number of aromatic hydroxyl groups is 2. The molecule has 0 bridgehead atoms. The zero-order chi connectivity index (χ0) is 20.5. The number of carbonyl (C=O) groups is 1. The number of phenolic OH excluding ortho intramolecular Hbond substituents is 1. The standard InChI is InChI=1S/C19H23IN2O6/c20-8-12(10-27-16-5-6-18(25)17(7-16)19(21)26)22-9-14(24)11-28-15-3-1-13(23)2-4-15/h1-7,12,14,22-25H,8-11H2,(H2,21,26). The lowest BCUT2D eigenvalue weighted by molar-refractivity contribution is 0.0995. The molecule has 2 rings (SSSR count). The van der Waals surface area contributed by atoms with Crippen molar-refractivity contribution in [2.45, 2.75) is 12.1 Å². The fourth-order valence-corrected chi connectivity index (χ4v) is 2.82. The second-order valence-corrected chi connectivity index (χ2v) is 6.95. The van der Waals surface area contributed by atoms with Gasteiger partial charge in [-0.25, -0.2) is 0 Å². The maximum Gasteiger partial charge on any atom is 0.252 e. The van der Waals surface area contributed by atoms with E-state index < -0.39 is 12.0 Å². The van der Waals surface area contributed by atoms with E-state index in [0.717, 1.165) is 4.43 Å². The maximum atomic E-state index is 11.3. The van der Waals surface area contributed by atoms with Gasteiger partial charge in [0.05, 0.1) is 11.6 Å². The SMILES string of the molecule is NC(=O)c1cc(OCC(CI)NCC(O)COc2ccc(O)cc2)ccc1O. The molecule has 0 fully saturated rings. The maximum absolute atomic E-state index is 11.3. The number of phenols is 2. The van der Waals surface area contributed by atoms with Crippen molar-refractivity contribution in [1.82, 2.24) is 5.32 Å². The van der Waals surface area contributed by atoms with Crippen LogP contribution in [0.5, 0.6) is 23.0 Å². The van der Waals surface area contributed by atoms with E-state index in [-0.39, 0.29) is 29.7 Å². The zero-order valence-electron chi connectivity index (χ0n) is 15.0. The van der Waals surface area contributed by atoms with Gasteiger partial charge >= 0.3 is 0 Å². The van der Waals surface area contributed by atoms with Crippen LogP contribution in [0.4, 0.5) is 0 Å². The highest BCUT2D eigenvalue weighted by molar-refractivity contribution is 14.1. The molecular formula is C19H23IN2O6. The molecule has 28 heavy (non-hydrogen) atoms. The van der Waals surface area contributed by atoms with Crippen molar-refractivity contribution in [3.05, 3.63) is 48.0 Å². The number of hydrogen-bond acceptors (Lipinski definition) is 7. The molecule has 0 aliphatic carbocycles. The number of aliphatic hydroxyl groups excluding tert-OH is 1. The molecule has 6 N–H and O–H groups in total. The highest BCUT2D eigenvalue weighted by atomic mass is 127. The predicted octanol–water partition coefficient (Wildman–Crippen LogP) is 1.41. The van der Waals surface area contributed by atoms with Crippen LogP contribution in [0.15, 0.2) is 42.5 Å². The van der Waals surface area contributed by atoms with E-state index in [9.17, 15) is 20.1 Å². The van der Waals surface area contributed by atoms with Gasteiger partial charge in [-0.15, -0.1) is 0 Å². The van der Waals surface area contributed by atoms with Crippen LogP contribution in [-0.2, 0) is 0 Å². The summed E-state index contributed by atoms with van der Waals surface area (Å²) in [6.07, 6.45) is -0.727. The molecule has 2 unspecified atom stereocenters. The van der Waals surface area contributed by atoms with Crippen molar-refractivity contribution >= 4 is 28.5 Å². The summed E-state index contributed by atoms with van der Waals surface area (Å²) in [6, 6.07) is 10.5. The number of primary amides is 1. The Labute approximate surface area is 176 Å². The number of benzene rings is 2. The highest BCUT2D eigenvalue weighted by Crippen LogP contribution is 2.22. The minimum Gasteiger partial charge on any atom is -0.508 e. The fraction of sp³-hybridized carbons (Fsp3) is 0.316. The van der Waals surface area contributed by atoms with Crippen molar-refractivity contribution in [3.63, 3.8) is 0 Å². The van der Waals surface area contributed by atoms with Gasteiger partial charge < -0.3 is 35.8 Å². The number of halogens is 1. The van der Waals surface area contributed by atoms with Gasteiger partial charge in [-0.2, -0.15) is 0 Å². The molecule has 1 amide bonds. The normalized spacial score (nSPS) is 12.9. The van der Waals surface area contributed by atoms with Crippen molar-refractivity contribution in [1.29, 1.82) is 0 Å². The molecular weight excluding hydrogens is 479 g/mol. The van der Waals surface area contributed by atoms with E-state index in [1.165, 1.54) is 24.3 Å². The van der Waals surface area contributed by atoms with Gasteiger partial charge in [0.25, 0.3) is 5.91 Å². The first-order valence-corrected chi connectivity index (χ1v) is 10.1. The largest absolute Gasteiger partial charge is 0.508 e.